The molecule has 1 N–H and O–H groups in total. The number of piperidine rings is 1. The lowest BCUT2D eigenvalue weighted by Crippen LogP contribution is -2.40. The molecule has 0 aliphatic carbocycles. The van der Waals surface area contributed by atoms with Crippen LogP contribution in [0.5, 0.6) is 0 Å². The Bertz CT molecular complexity index is 792. The third kappa shape index (κ3) is 4.85. The highest BCUT2D eigenvalue weighted by molar-refractivity contribution is 6.42. The summed E-state index contributed by atoms with van der Waals surface area (Å²) >= 11 is 24.5. The molecule has 1 atom stereocenters. The molecule has 7 heteroatoms. The molecule has 1 heterocycles. The average molecular weight is 432 g/mol. The molecule has 0 aromatic heterocycles. The van der Waals surface area contributed by atoms with Crippen LogP contribution in [0.15, 0.2) is 36.4 Å². The van der Waals surface area contributed by atoms with E-state index < -0.39 is 0 Å². The maximum absolute atomic E-state index is 12.6. The minimum absolute atomic E-state index is 0.0154. The van der Waals surface area contributed by atoms with Crippen LogP contribution in [0.4, 0.5) is 5.69 Å². The number of hydrogen-bond donors (Lipinski definition) is 1. The minimum Gasteiger partial charge on any atom is -0.326 e. The van der Waals surface area contributed by atoms with E-state index >= 15 is 0 Å². The van der Waals surface area contributed by atoms with E-state index in [9.17, 15) is 4.79 Å². The second kappa shape index (κ2) is 8.81. The SMILES string of the molecule is O=C(Nc1ccc(Cl)c(Cl)c1)[C@@H]1CCCN(Cc2c(Cl)cccc2Cl)C1. The van der Waals surface area contributed by atoms with Crippen LogP contribution < -0.4 is 5.32 Å². The molecule has 0 saturated carbocycles. The predicted octanol–water partition coefficient (Wildman–Crippen LogP) is 6.15. The molecule has 1 amide bonds. The summed E-state index contributed by atoms with van der Waals surface area (Å²) in [6.07, 6.45) is 1.79. The molecular weight excluding hydrogens is 414 g/mol. The molecule has 1 aliphatic rings. The first-order valence-corrected chi connectivity index (χ1v) is 9.86. The Morgan fingerprint density at radius 3 is 2.46 bits per heavy atom. The molecule has 1 saturated heterocycles. The van der Waals surface area contributed by atoms with Crippen molar-refractivity contribution >= 4 is 58.0 Å². The molecule has 138 valence electrons. The highest BCUT2D eigenvalue weighted by Gasteiger charge is 2.26. The summed E-state index contributed by atoms with van der Waals surface area (Å²) in [7, 11) is 0. The number of anilines is 1. The number of carbonyl (C=O) groups excluding carboxylic acids is 1. The van der Waals surface area contributed by atoms with Crippen LogP contribution in [0.3, 0.4) is 0 Å². The van der Waals surface area contributed by atoms with Crippen molar-refractivity contribution in [3.63, 3.8) is 0 Å². The third-order valence-electron chi connectivity index (χ3n) is 4.51. The Morgan fingerprint density at radius 1 is 1.04 bits per heavy atom. The summed E-state index contributed by atoms with van der Waals surface area (Å²) in [5.41, 5.74) is 1.55. The standard InChI is InChI=1S/C19H18Cl4N2O/c20-15-4-1-5-16(21)14(15)11-25-8-2-3-12(10-25)19(26)24-13-6-7-17(22)18(23)9-13/h1,4-7,9,12H,2-3,8,10-11H2,(H,24,26)/t12-/m1/s1. The van der Waals surface area contributed by atoms with Gasteiger partial charge in [0.2, 0.25) is 5.91 Å². The Morgan fingerprint density at radius 2 is 1.77 bits per heavy atom. The van der Waals surface area contributed by atoms with Gasteiger partial charge in [-0.15, -0.1) is 0 Å². The van der Waals surface area contributed by atoms with Gasteiger partial charge < -0.3 is 5.32 Å². The van der Waals surface area contributed by atoms with Gasteiger partial charge in [-0.05, 0) is 49.7 Å². The van der Waals surface area contributed by atoms with Crippen LogP contribution in [-0.4, -0.2) is 23.9 Å². The maximum atomic E-state index is 12.6. The molecule has 2 aromatic carbocycles. The summed E-state index contributed by atoms with van der Waals surface area (Å²) in [5.74, 6) is -0.113. The first-order chi connectivity index (χ1) is 12.4. The lowest BCUT2D eigenvalue weighted by Gasteiger charge is -2.32. The van der Waals surface area contributed by atoms with Crippen molar-refractivity contribution in [2.75, 3.05) is 18.4 Å². The van der Waals surface area contributed by atoms with Gasteiger partial charge in [0.15, 0.2) is 0 Å². The number of nitrogens with zero attached hydrogens (tertiary/aromatic N) is 1. The highest BCUT2D eigenvalue weighted by Crippen LogP contribution is 2.29. The molecule has 0 bridgehead atoms. The zero-order valence-electron chi connectivity index (χ0n) is 13.9. The Hall–Kier alpha value is -0.970. The number of likely N-dealkylation sites (tertiary alicyclic amines) is 1. The van der Waals surface area contributed by atoms with Crippen LogP contribution in [-0.2, 0) is 11.3 Å². The van der Waals surface area contributed by atoms with Crippen LogP contribution in [0.2, 0.25) is 20.1 Å². The van der Waals surface area contributed by atoms with E-state index in [1.54, 1.807) is 18.2 Å². The van der Waals surface area contributed by atoms with Crippen molar-refractivity contribution in [1.29, 1.82) is 0 Å². The van der Waals surface area contributed by atoms with Crippen molar-refractivity contribution < 1.29 is 4.79 Å². The Kier molecular flexibility index (Phi) is 6.70. The topological polar surface area (TPSA) is 32.3 Å². The molecule has 0 unspecified atom stereocenters. The molecule has 2 aromatic rings. The largest absolute Gasteiger partial charge is 0.326 e. The molecule has 3 nitrogen and oxygen atoms in total. The van der Waals surface area contributed by atoms with Gasteiger partial charge in [-0.1, -0.05) is 52.5 Å². The first kappa shape index (κ1) is 19.8. The molecule has 26 heavy (non-hydrogen) atoms. The fourth-order valence-electron chi connectivity index (χ4n) is 3.14. The fraction of sp³-hybridized carbons (Fsp3) is 0.316. The van der Waals surface area contributed by atoms with Gasteiger partial charge in [0.25, 0.3) is 0 Å². The fourth-order valence-corrected chi connectivity index (χ4v) is 3.95. The van der Waals surface area contributed by atoms with Crippen LogP contribution in [0.1, 0.15) is 18.4 Å². The maximum Gasteiger partial charge on any atom is 0.228 e. The van der Waals surface area contributed by atoms with Gasteiger partial charge in [0.1, 0.15) is 0 Å². The van der Waals surface area contributed by atoms with Gasteiger partial charge in [-0.25, -0.2) is 0 Å². The molecule has 3 rings (SSSR count). The normalized spacial score (nSPS) is 17.9. The molecule has 1 fully saturated rings. The van der Waals surface area contributed by atoms with Gasteiger partial charge >= 0.3 is 0 Å². The van der Waals surface area contributed by atoms with E-state index in [0.717, 1.165) is 24.9 Å². The summed E-state index contributed by atoms with van der Waals surface area (Å²) in [5, 5.41) is 5.11. The number of benzene rings is 2. The Balaban J connectivity index is 1.64. The van der Waals surface area contributed by atoms with Crippen LogP contribution in [0, 0.1) is 5.92 Å². The molecular formula is C19H18Cl4N2O. The van der Waals surface area contributed by atoms with E-state index in [1.165, 1.54) is 0 Å². The van der Waals surface area contributed by atoms with Gasteiger partial charge in [-0.3, -0.25) is 9.69 Å². The number of amides is 1. The van der Waals surface area contributed by atoms with Crippen molar-refractivity contribution in [1.82, 2.24) is 4.90 Å². The smallest absolute Gasteiger partial charge is 0.228 e. The number of nitrogens with one attached hydrogen (secondary N) is 1. The van der Waals surface area contributed by atoms with Crippen molar-refractivity contribution in [2.24, 2.45) is 5.92 Å². The van der Waals surface area contributed by atoms with Crippen molar-refractivity contribution in [3.8, 4) is 0 Å². The van der Waals surface area contributed by atoms with Crippen molar-refractivity contribution in [2.45, 2.75) is 19.4 Å². The van der Waals surface area contributed by atoms with Crippen LogP contribution >= 0.6 is 46.4 Å². The second-order valence-electron chi connectivity index (χ2n) is 6.39. The van der Waals surface area contributed by atoms with Gasteiger partial charge in [0.05, 0.1) is 16.0 Å². The number of rotatable bonds is 4. The number of hydrogen-bond acceptors (Lipinski definition) is 2. The van der Waals surface area contributed by atoms with E-state index in [1.807, 2.05) is 18.2 Å². The number of halogens is 4. The summed E-state index contributed by atoms with van der Waals surface area (Å²) in [4.78, 5) is 14.8. The Labute approximate surface area is 173 Å². The molecule has 0 radical (unpaired) electrons. The zero-order valence-corrected chi connectivity index (χ0v) is 17.0. The van der Waals surface area contributed by atoms with E-state index in [0.29, 0.717) is 38.9 Å². The third-order valence-corrected chi connectivity index (χ3v) is 5.95. The lowest BCUT2D eigenvalue weighted by atomic mass is 9.96. The van der Waals surface area contributed by atoms with E-state index in [2.05, 4.69) is 10.2 Å². The van der Waals surface area contributed by atoms with Gasteiger partial charge in [-0.2, -0.15) is 0 Å². The first-order valence-electron chi connectivity index (χ1n) is 8.35. The quantitative estimate of drug-likeness (QED) is 0.629. The van der Waals surface area contributed by atoms with E-state index in [-0.39, 0.29) is 11.8 Å². The van der Waals surface area contributed by atoms with E-state index in [4.69, 9.17) is 46.4 Å². The average Bonchev–Trinajstić information content (AvgIpc) is 2.62. The summed E-state index contributed by atoms with van der Waals surface area (Å²) < 4.78 is 0. The van der Waals surface area contributed by atoms with Gasteiger partial charge in [0, 0.05) is 34.4 Å². The zero-order chi connectivity index (χ0) is 18.7. The predicted molar refractivity (Wildman–Crippen MR) is 110 cm³/mol. The minimum atomic E-state index is -0.0977. The molecule has 1 aliphatic heterocycles. The summed E-state index contributed by atoms with van der Waals surface area (Å²) in [6, 6.07) is 10.6. The summed E-state index contributed by atoms with van der Waals surface area (Å²) in [6.45, 7) is 2.21. The molecule has 0 spiro atoms. The highest BCUT2D eigenvalue weighted by atomic mass is 35.5. The van der Waals surface area contributed by atoms with Crippen molar-refractivity contribution in [3.05, 3.63) is 62.1 Å². The second-order valence-corrected chi connectivity index (χ2v) is 8.02. The van der Waals surface area contributed by atoms with Crippen LogP contribution in [0.25, 0.3) is 0 Å². The number of carbonyl (C=O) groups is 1. The monoisotopic (exact) mass is 430 g/mol. The lowest BCUT2D eigenvalue weighted by molar-refractivity contribution is -0.121.